The smallest absolute Gasteiger partial charge is 0.289 e. The number of unbranched alkanes of at least 4 members (excludes halogenated alkanes) is 1. The Kier molecular flexibility index (Phi) is 4.38. The van der Waals surface area contributed by atoms with Crippen LogP contribution in [-0.4, -0.2) is 21.3 Å². The lowest BCUT2D eigenvalue weighted by molar-refractivity contribution is 0.107. The highest BCUT2D eigenvalue weighted by Crippen LogP contribution is 2.21. The van der Waals surface area contributed by atoms with Gasteiger partial charge in [-0.3, -0.25) is 4.79 Å². The molecule has 2 aromatic rings. The summed E-state index contributed by atoms with van der Waals surface area (Å²) in [5.74, 6) is 0. The molecule has 5 nitrogen and oxygen atoms in total. The van der Waals surface area contributed by atoms with E-state index < -0.39 is 0 Å². The molecule has 0 fully saturated rings. The summed E-state index contributed by atoms with van der Waals surface area (Å²) >= 11 is 2.17. The summed E-state index contributed by atoms with van der Waals surface area (Å²) in [6, 6.07) is 0. The predicted octanol–water partition coefficient (Wildman–Crippen LogP) is 2.24. The van der Waals surface area contributed by atoms with Gasteiger partial charge in [0.2, 0.25) is 0 Å². The van der Waals surface area contributed by atoms with E-state index in [4.69, 9.17) is 4.84 Å². The maximum atomic E-state index is 12.3. The molecule has 2 aromatic heterocycles. The number of aromatic nitrogens is 3. The molecular weight excluding hydrogens is 357 g/mol. The summed E-state index contributed by atoms with van der Waals surface area (Å²) in [5.41, 5.74) is 1.92. The zero-order valence-electron chi connectivity index (χ0n) is 11.2. The molecule has 0 spiro atoms. The second-order valence-corrected chi connectivity index (χ2v) is 5.46. The Labute approximate surface area is 125 Å². The Hall–Kier alpha value is -1.18. The molecule has 0 aliphatic carbocycles. The van der Waals surface area contributed by atoms with Gasteiger partial charge in [-0.15, -0.1) is 4.73 Å². The predicted molar refractivity (Wildman–Crippen MR) is 82.3 cm³/mol. The van der Waals surface area contributed by atoms with Crippen molar-refractivity contribution in [3.05, 3.63) is 31.5 Å². The van der Waals surface area contributed by atoms with Gasteiger partial charge >= 0.3 is 0 Å². The van der Waals surface area contributed by atoms with Crippen molar-refractivity contribution in [3.8, 4) is 0 Å². The van der Waals surface area contributed by atoms with Crippen LogP contribution < -0.4 is 10.4 Å². The van der Waals surface area contributed by atoms with E-state index in [9.17, 15) is 4.79 Å². The topological polar surface area (TPSA) is 57.0 Å². The highest BCUT2D eigenvalue weighted by molar-refractivity contribution is 14.1. The molecule has 2 rings (SSSR count). The lowest BCUT2D eigenvalue weighted by Gasteiger charge is -2.13. The van der Waals surface area contributed by atoms with E-state index >= 15 is 0 Å². The van der Waals surface area contributed by atoms with Gasteiger partial charge in [0.25, 0.3) is 5.56 Å². The van der Waals surface area contributed by atoms with Crippen molar-refractivity contribution in [1.82, 2.24) is 14.7 Å². The maximum absolute atomic E-state index is 12.3. The van der Waals surface area contributed by atoms with E-state index in [-0.39, 0.29) is 5.56 Å². The molecular formula is C13H16IN3O2. The fourth-order valence-electron chi connectivity index (χ4n) is 1.82. The van der Waals surface area contributed by atoms with Crippen LogP contribution in [0, 0.1) is 17.4 Å². The molecule has 6 heteroatoms. The number of fused-ring (bicyclic) bond motifs is 1. The fraction of sp³-hybridized carbons (Fsp3) is 0.462. The van der Waals surface area contributed by atoms with Gasteiger partial charge in [-0.2, -0.15) is 0 Å². The van der Waals surface area contributed by atoms with Crippen molar-refractivity contribution in [3.63, 3.8) is 0 Å². The molecule has 0 saturated carbocycles. The second kappa shape index (κ2) is 5.85. The molecule has 0 saturated heterocycles. The fourth-order valence-corrected chi connectivity index (χ4v) is 2.68. The Morgan fingerprint density at radius 3 is 2.79 bits per heavy atom. The van der Waals surface area contributed by atoms with Crippen LogP contribution in [0.25, 0.3) is 11.0 Å². The Morgan fingerprint density at radius 2 is 2.11 bits per heavy atom. The van der Waals surface area contributed by atoms with E-state index in [1.54, 1.807) is 6.92 Å². The van der Waals surface area contributed by atoms with Crippen LogP contribution in [0.1, 0.15) is 31.0 Å². The molecule has 0 unspecified atom stereocenters. The summed E-state index contributed by atoms with van der Waals surface area (Å²) in [5, 5.41) is 0.886. The number of aryl methyl sites for hydroxylation is 1. The van der Waals surface area contributed by atoms with Crippen molar-refractivity contribution >= 4 is 33.6 Å². The summed E-state index contributed by atoms with van der Waals surface area (Å²) in [7, 11) is 0. The van der Waals surface area contributed by atoms with Crippen molar-refractivity contribution in [2.75, 3.05) is 6.61 Å². The Bertz CT molecular complexity index is 667. The minimum atomic E-state index is -0.147. The van der Waals surface area contributed by atoms with Crippen molar-refractivity contribution < 1.29 is 4.84 Å². The van der Waals surface area contributed by atoms with Crippen LogP contribution >= 0.6 is 22.6 Å². The Balaban J connectivity index is 2.68. The summed E-state index contributed by atoms with van der Waals surface area (Å²) in [6.45, 7) is 6.30. The number of hydrogen-bond acceptors (Lipinski definition) is 4. The molecule has 0 bridgehead atoms. The van der Waals surface area contributed by atoms with E-state index in [0.717, 1.165) is 27.5 Å². The third-order valence-corrected chi connectivity index (χ3v) is 4.33. The average molecular weight is 373 g/mol. The van der Waals surface area contributed by atoms with Crippen molar-refractivity contribution in [2.45, 2.75) is 33.6 Å². The highest BCUT2D eigenvalue weighted by Gasteiger charge is 2.16. The highest BCUT2D eigenvalue weighted by atomic mass is 127. The largest absolute Gasteiger partial charge is 0.409 e. The minimum absolute atomic E-state index is 0.147. The maximum Gasteiger partial charge on any atom is 0.289 e. The number of rotatable bonds is 4. The normalized spacial score (nSPS) is 10.9. The van der Waals surface area contributed by atoms with Gasteiger partial charge in [-0.25, -0.2) is 9.97 Å². The number of pyridine rings is 1. The van der Waals surface area contributed by atoms with Gasteiger partial charge in [0.05, 0.1) is 11.1 Å². The first-order chi connectivity index (χ1) is 9.07. The number of hydrogen-bond donors (Lipinski definition) is 0. The summed E-state index contributed by atoms with van der Waals surface area (Å²) in [6.07, 6.45) is 3.38. The van der Waals surface area contributed by atoms with Gasteiger partial charge in [0.15, 0.2) is 5.65 Å². The van der Waals surface area contributed by atoms with E-state index in [2.05, 4.69) is 39.5 Å². The lowest BCUT2D eigenvalue weighted by Crippen LogP contribution is -2.31. The molecule has 0 N–H and O–H groups in total. The van der Waals surface area contributed by atoms with E-state index in [1.807, 2.05) is 6.92 Å². The first-order valence-electron chi connectivity index (χ1n) is 6.23. The average Bonchev–Trinajstić information content (AvgIpc) is 2.40. The SMILES string of the molecule is CCCCOn1c(=O)c(C)c(I)c2c(C)ncnc21. The number of halogens is 1. The second-order valence-electron chi connectivity index (χ2n) is 4.38. The zero-order valence-corrected chi connectivity index (χ0v) is 13.4. The van der Waals surface area contributed by atoms with Crippen LogP contribution in [-0.2, 0) is 0 Å². The van der Waals surface area contributed by atoms with Gasteiger partial charge in [-0.05, 0) is 42.9 Å². The van der Waals surface area contributed by atoms with Crippen molar-refractivity contribution in [2.24, 2.45) is 0 Å². The van der Waals surface area contributed by atoms with Crippen LogP contribution in [0.15, 0.2) is 11.1 Å². The third-order valence-electron chi connectivity index (χ3n) is 2.98. The first-order valence-corrected chi connectivity index (χ1v) is 7.31. The minimum Gasteiger partial charge on any atom is -0.409 e. The van der Waals surface area contributed by atoms with Gasteiger partial charge < -0.3 is 4.84 Å². The summed E-state index contributed by atoms with van der Waals surface area (Å²) < 4.78 is 2.20. The third kappa shape index (κ3) is 2.58. The molecule has 2 heterocycles. The monoisotopic (exact) mass is 373 g/mol. The quantitative estimate of drug-likeness (QED) is 0.610. The molecule has 0 amide bonds. The van der Waals surface area contributed by atoms with E-state index in [1.165, 1.54) is 11.1 Å². The molecule has 0 aromatic carbocycles. The first kappa shape index (κ1) is 14.2. The van der Waals surface area contributed by atoms with E-state index in [0.29, 0.717) is 17.8 Å². The summed E-state index contributed by atoms with van der Waals surface area (Å²) in [4.78, 5) is 26.3. The lowest BCUT2D eigenvalue weighted by atomic mass is 10.2. The molecule has 19 heavy (non-hydrogen) atoms. The molecule has 0 aliphatic heterocycles. The standard InChI is InChI=1S/C13H16IN3O2/c1-4-5-6-19-17-12-10(9(3)15-7-16-12)11(14)8(2)13(17)18/h7H,4-6H2,1-3H3. The molecule has 0 atom stereocenters. The number of nitrogens with zero attached hydrogens (tertiary/aromatic N) is 3. The van der Waals surface area contributed by atoms with Crippen molar-refractivity contribution in [1.29, 1.82) is 0 Å². The Morgan fingerprint density at radius 1 is 1.37 bits per heavy atom. The van der Waals surface area contributed by atoms with Gasteiger partial charge in [0, 0.05) is 9.13 Å². The molecule has 102 valence electrons. The van der Waals surface area contributed by atoms with Crippen LogP contribution in [0.5, 0.6) is 0 Å². The zero-order chi connectivity index (χ0) is 14.0. The van der Waals surface area contributed by atoms with Crippen LogP contribution in [0.3, 0.4) is 0 Å². The van der Waals surface area contributed by atoms with Crippen LogP contribution in [0.2, 0.25) is 0 Å². The molecule has 0 aliphatic rings. The van der Waals surface area contributed by atoms with Gasteiger partial charge in [0.1, 0.15) is 12.9 Å². The van der Waals surface area contributed by atoms with Crippen LogP contribution in [0.4, 0.5) is 0 Å². The molecule has 0 radical (unpaired) electrons. The van der Waals surface area contributed by atoms with Gasteiger partial charge in [-0.1, -0.05) is 13.3 Å².